The first-order chi connectivity index (χ1) is 13.6. The van der Waals surface area contributed by atoms with E-state index in [0.29, 0.717) is 23.5 Å². The van der Waals surface area contributed by atoms with Crippen LogP contribution in [0.4, 0.5) is 0 Å². The van der Waals surface area contributed by atoms with Crippen molar-refractivity contribution in [3.63, 3.8) is 0 Å². The standard InChI is InChI=1S/C23H20BrNO3/c1-27-19-13-25-14-20-21(19)22(26)12-11-18(15-5-3-2-4-6-15)23(22,28-20)16-7-9-17(24)10-8-16/h2-10,13-14,18,26H,11-12H2,1H3/t18-,22+,23?/m0/s1. The molecule has 2 aliphatic rings. The number of fused-ring (bicyclic) bond motifs is 3. The lowest BCUT2D eigenvalue weighted by molar-refractivity contribution is -0.106. The van der Waals surface area contributed by atoms with Crippen molar-refractivity contribution in [3.8, 4) is 11.5 Å². The Labute approximate surface area is 172 Å². The van der Waals surface area contributed by atoms with E-state index >= 15 is 0 Å². The molecule has 1 aliphatic carbocycles. The van der Waals surface area contributed by atoms with Gasteiger partial charge in [-0.1, -0.05) is 58.4 Å². The molecule has 4 nitrogen and oxygen atoms in total. The van der Waals surface area contributed by atoms with Gasteiger partial charge in [-0.15, -0.1) is 0 Å². The summed E-state index contributed by atoms with van der Waals surface area (Å²) >= 11 is 3.52. The van der Waals surface area contributed by atoms with E-state index in [0.717, 1.165) is 22.0 Å². The van der Waals surface area contributed by atoms with Crippen molar-refractivity contribution in [1.29, 1.82) is 0 Å². The van der Waals surface area contributed by atoms with E-state index < -0.39 is 11.2 Å². The van der Waals surface area contributed by atoms with E-state index in [1.165, 1.54) is 0 Å². The summed E-state index contributed by atoms with van der Waals surface area (Å²) in [5.41, 5.74) is 0.661. The molecule has 5 heteroatoms. The number of hydrogen-bond donors (Lipinski definition) is 1. The average Bonchev–Trinajstić information content (AvgIpc) is 3.16. The maximum atomic E-state index is 12.2. The number of methoxy groups -OCH3 is 1. The fourth-order valence-electron chi connectivity index (χ4n) is 5.02. The fraction of sp³-hybridized carbons (Fsp3) is 0.261. The maximum Gasteiger partial charge on any atom is 0.174 e. The summed E-state index contributed by atoms with van der Waals surface area (Å²) in [5.74, 6) is 1.15. The highest BCUT2D eigenvalue weighted by Crippen LogP contribution is 2.67. The second-order valence-electron chi connectivity index (χ2n) is 7.42. The van der Waals surface area contributed by atoms with E-state index in [2.05, 4.69) is 33.0 Å². The van der Waals surface area contributed by atoms with Gasteiger partial charge in [0.05, 0.1) is 25.1 Å². The first-order valence-electron chi connectivity index (χ1n) is 9.35. The Morgan fingerprint density at radius 3 is 2.57 bits per heavy atom. The lowest BCUT2D eigenvalue weighted by Crippen LogP contribution is -2.48. The lowest BCUT2D eigenvalue weighted by Gasteiger charge is -2.40. The van der Waals surface area contributed by atoms with E-state index in [1.807, 2.05) is 42.5 Å². The van der Waals surface area contributed by atoms with Crippen LogP contribution in [0.2, 0.25) is 0 Å². The molecule has 5 rings (SSSR count). The highest BCUT2D eigenvalue weighted by atomic mass is 79.9. The number of ether oxygens (including phenoxy) is 2. The van der Waals surface area contributed by atoms with Crippen molar-refractivity contribution < 1.29 is 14.6 Å². The molecule has 2 heterocycles. The van der Waals surface area contributed by atoms with Crippen molar-refractivity contribution in [2.45, 2.75) is 30.0 Å². The Balaban J connectivity index is 1.78. The van der Waals surface area contributed by atoms with Gasteiger partial charge in [-0.3, -0.25) is 4.98 Å². The Bertz CT molecular complexity index is 1020. The van der Waals surface area contributed by atoms with Crippen LogP contribution in [0.3, 0.4) is 0 Å². The van der Waals surface area contributed by atoms with Gasteiger partial charge >= 0.3 is 0 Å². The molecule has 0 radical (unpaired) electrons. The van der Waals surface area contributed by atoms with Crippen molar-refractivity contribution in [2.75, 3.05) is 7.11 Å². The SMILES string of the molecule is COc1cncc2c1[C@]1(O)CC[C@@H](c3ccccc3)C1(c1ccc(Br)cc1)O2. The molecule has 1 fully saturated rings. The minimum Gasteiger partial charge on any atom is -0.495 e. The summed E-state index contributed by atoms with van der Waals surface area (Å²) in [7, 11) is 1.60. The average molecular weight is 438 g/mol. The van der Waals surface area contributed by atoms with E-state index in [1.54, 1.807) is 19.5 Å². The molecule has 3 atom stereocenters. The summed E-state index contributed by atoms with van der Waals surface area (Å²) in [6.07, 6.45) is 4.71. The van der Waals surface area contributed by atoms with Crippen LogP contribution in [0, 0.1) is 0 Å². The Kier molecular flexibility index (Phi) is 4.00. The van der Waals surface area contributed by atoms with Gasteiger partial charge in [0.15, 0.2) is 5.60 Å². The van der Waals surface area contributed by atoms with Crippen molar-refractivity contribution in [2.24, 2.45) is 0 Å². The molecular weight excluding hydrogens is 418 g/mol. The number of aliphatic hydroxyl groups is 1. The minimum absolute atomic E-state index is 0.00279. The van der Waals surface area contributed by atoms with E-state index in [9.17, 15) is 5.11 Å². The van der Waals surface area contributed by atoms with Gasteiger partial charge in [0.25, 0.3) is 0 Å². The normalized spacial score (nSPS) is 27.8. The molecule has 0 saturated heterocycles. The number of halogens is 1. The highest BCUT2D eigenvalue weighted by Gasteiger charge is 2.69. The second-order valence-corrected chi connectivity index (χ2v) is 8.34. The molecule has 0 amide bonds. The summed E-state index contributed by atoms with van der Waals surface area (Å²) in [6, 6.07) is 18.3. The zero-order valence-corrected chi connectivity index (χ0v) is 17.0. The molecule has 0 spiro atoms. The minimum atomic E-state index is -1.20. The number of benzene rings is 2. The molecule has 1 N–H and O–H groups in total. The van der Waals surface area contributed by atoms with Crippen LogP contribution in [0.1, 0.15) is 35.4 Å². The third kappa shape index (κ3) is 2.23. The lowest BCUT2D eigenvalue weighted by atomic mass is 9.72. The molecule has 142 valence electrons. The predicted molar refractivity (Wildman–Crippen MR) is 110 cm³/mol. The molecule has 1 aromatic heterocycles. The molecule has 0 bridgehead atoms. The quantitative estimate of drug-likeness (QED) is 0.632. The molecule has 28 heavy (non-hydrogen) atoms. The van der Waals surface area contributed by atoms with Crippen LogP contribution in [0.15, 0.2) is 71.5 Å². The number of pyridine rings is 1. The summed E-state index contributed by atoms with van der Waals surface area (Å²) in [6.45, 7) is 0. The topological polar surface area (TPSA) is 51.6 Å². The predicted octanol–water partition coefficient (Wildman–Crippen LogP) is 4.91. The third-order valence-electron chi connectivity index (χ3n) is 6.16. The van der Waals surface area contributed by atoms with Gasteiger partial charge in [0.2, 0.25) is 0 Å². The van der Waals surface area contributed by atoms with Gasteiger partial charge in [-0.05, 0) is 36.1 Å². The van der Waals surface area contributed by atoms with Crippen LogP contribution >= 0.6 is 15.9 Å². The van der Waals surface area contributed by atoms with Crippen molar-refractivity contribution >= 4 is 15.9 Å². The van der Waals surface area contributed by atoms with Gasteiger partial charge in [0.1, 0.15) is 17.1 Å². The highest BCUT2D eigenvalue weighted by molar-refractivity contribution is 9.10. The van der Waals surface area contributed by atoms with Crippen LogP contribution in [0.5, 0.6) is 11.5 Å². The summed E-state index contributed by atoms with van der Waals surface area (Å²) in [5, 5.41) is 12.2. The summed E-state index contributed by atoms with van der Waals surface area (Å²) in [4.78, 5) is 4.25. The van der Waals surface area contributed by atoms with Gasteiger partial charge in [-0.2, -0.15) is 0 Å². The third-order valence-corrected chi connectivity index (χ3v) is 6.68. The number of rotatable bonds is 3. The van der Waals surface area contributed by atoms with Crippen LogP contribution in [0.25, 0.3) is 0 Å². The monoisotopic (exact) mass is 437 g/mol. The second kappa shape index (κ2) is 6.33. The van der Waals surface area contributed by atoms with Crippen LogP contribution in [-0.4, -0.2) is 17.2 Å². The number of hydrogen-bond acceptors (Lipinski definition) is 4. The number of nitrogens with zero attached hydrogens (tertiary/aromatic N) is 1. The molecule has 1 unspecified atom stereocenters. The maximum absolute atomic E-state index is 12.2. The van der Waals surface area contributed by atoms with Crippen LogP contribution < -0.4 is 9.47 Å². The van der Waals surface area contributed by atoms with Crippen LogP contribution in [-0.2, 0) is 11.2 Å². The molecule has 3 aromatic rings. The Hall–Kier alpha value is -2.37. The molecule has 2 aromatic carbocycles. The van der Waals surface area contributed by atoms with Gasteiger partial charge in [0, 0.05) is 10.4 Å². The smallest absolute Gasteiger partial charge is 0.174 e. The van der Waals surface area contributed by atoms with Crippen molar-refractivity contribution in [3.05, 3.63) is 88.2 Å². The molecule has 1 saturated carbocycles. The number of aromatic nitrogens is 1. The first kappa shape index (κ1) is 17.7. The van der Waals surface area contributed by atoms with E-state index in [4.69, 9.17) is 9.47 Å². The molecule has 1 aliphatic heterocycles. The van der Waals surface area contributed by atoms with Crippen molar-refractivity contribution in [1.82, 2.24) is 4.98 Å². The fourth-order valence-corrected chi connectivity index (χ4v) is 5.28. The zero-order chi connectivity index (χ0) is 19.4. The van der Waals surface area contributed by atoms with Gasteiger partial charge in [-0.25, -0.2) is 0 Å². The van der Waals surface area contributed by atoms with E-state index in [-0.39, 0.29) is 5.92 Å². The van der Waals surface area contributed by atoms with Gasteiger partial charge < -0.3 is 14.6 Å². The molecular formula is C23H20BrNO3. The first-order valence-corrected chi connectivity index (χ1v) is 10.1. The zero-order valence-electron chi connectivity index (χ0n) is 15.4. The Morgan fingerprint density at radius 1 is 1.11 bits per heavy atom. The Morgan fingerprint density at radius 2 is 1.86 bits per heavy atom. The largest absolute Gasteiger partial charge is 0.495 e. The summed E-state index contributed by atoms with van der Waals surface area (Å²) < 4.78 is 13.2.